The summed E-state index contributed by atoms with van der Waals surface area (Å²) in [5, 5.41) is 6.63. The van der Waals surface area contributed by atoms with Crippen molar-refractivity contribution in [3.05, 3.63) is 11.7 Å². The molecule has 1 N–H and O–H groups in total. The van der Waals surface area contributed by atoms with E-state index in [0.717, 1.165) is 0 Å². The average molecular weight is 325 g/mol. The van der Waals surface area contributed by atoms with Gasteiger partial charge in [0.05, 0.1) is 0 Å². The number of urea groups is 1. The maximum absolute atomic E-state index is 12.2. The van der Waals surface area contributed by atoms with Crippen molar-refractivity contribution in [3.63, 3.8) is 0 Å². The number of carbonyl (C=O) groups excluding carboxylic acids is 2. The fourth-order valence-corrected chi connectivity index (χ4v) is 1.88. The van der Waals surface area contributed by atoms with Crippen LogP contribution in [0.4, 0.5) is 4.79 Å². The Hall–Kier alpha value is -2.12. The Morgan fingerprint density at radius 1 is 1.26 bits per heavy atom. The van der Waals surface area contributed by atoms with Gasteiger partial charge in [0.25, 0.3) is 0 Å². The van der Waals surface area contributed by atoms with Crippen molar-refractivity contribution in [1.82, 2.24) is 25.3 Å². The van der Waals surface area contributed by atoms with E-state index in [-0.39, 0.29) is 17.9 Å². The summed E-state index contributed by atoms with van der Waals surface area (Å²) in [7, 11) is 5.01. The Morgan fingerprint density at radius 3 is 2.39 bits per heavy atom. The summed E-state index contributed by atoms with van der Waals surface area (Å²) in [5.74, 6) is 1.23. The van der Waals surface area contributed by atoms with Crippen molar-refractivity contribution in [2.75, 3.05) is 27.7 Å². The zero-order valence-corrected chi connectivity index (χ0v) is 14.8. The molecule has 0 fully saturated rings. The number of nitrogens with one attached hydrogen (secondary N) is 1. The third-order valence-corrected chi connectivity index (χ3v) is 3.44. The van der Waals surface area contributed by atoms with E-state index in [9.17, 15) is 9.59 Å². The molecule has 0 saturated carbocycles. The van der Waals surface area contributed by atoms with Gasteiger partial charge in [-0.3, -0.25) is 4.79 Å². The first-order valence-electron chi connectivity index (χ1n) is 7.81. The summed E-state index contributed by atoms with van der Waals surface area (Å²) in [5.41, 5.74) is 0. The molecule has 0 bridgehead atoms. The zero-order chi connectivity index (χ0) is 17.6. The molecule has 0 saturated heterocycles. The largest absolute Gasteiger partial charge is 0.347 e. The Morgan fingerprint density at radius 2 is 1.91 bits per heavy atom. The molecule has 0 aromatic carbocycles. The monoisotopic (exact) mass is 325 g/mol. The molecule has 1 aromatic rings. The summed E-state index contributed by atoms with van der Waals surface area (Å²) in [6.45, 7) is 6.25. The predicted octanol–water partition coefficient (Wildman–Crippen LogP) is 1.24. The van der Waals surface area contributed by atoms with Gasteiger partial charge in [-0.25, -0.2) is 4.79 Å². The minimum atomic E-state index is -0.516. The first kappa shape index (κ1) is 18.9. The Kier molecular flexibility index (Phi) is 6.99. The second kappa shape index (κ2) is 8.50. The highest BCUT2D eigenvalue weighted by atomic mass is 16.5. The van der Waals surface area contributed by atoms with E-state index in [2.05, 4.69) is 15.5 Å². The van der Waals surface area contributed by atoms with Crippen LogP contribution in [0, 0.1) is 0 Å². The maximum Gasteiger partial charge on any atom is 0.317 e. The van der Waals surface area contributed by atoms with E-state index < -0.39 is 6.04 Å². The normalized spacial score (nSPS) is 12.1. The van der Waals surface area contributed by atoms with E-state index >= 15 is 0 Å². The van der Waals surface area contributed by atoms with Crippen molar-refractivity contribution in [3.8, 4) is 0 Å². The molecule has 0 aliphatic rings. The quantitative estimate of drug-likeness (QED) is 0.814. The van der Waals surface area contributed by atoms with Crippen LogP contribution in [0.15, 0.2) is 4.52 Å². The van der Waals surface area contributed by atoms with Crippen LogP contribution in [-0.4, -0.2) is 65.6 Å². The molecule has 0 aliphatic heterocycles. The summed E-state index contributed by atoms with van der Waals surface area (Å²) in [6, 6.07) is -0.808. The highest BCUT2D eigenvalue weighted by molar-refractivity contribution is 5.86. The number of amides is 3. The van der Waals surface area contributed by atoms with Crippen LogP contribution >= 0.6 is 0 Å². The van der Waals surface area contributed by atoms with Crippen LogP contribution in [0.1, 0.15) is 44.8 Å². The molecular weight excluding hydrogens is 298 g/mol. The van der Waals surface area contributed by atoms with Gasteiger partial charge >= 0.3 is 6.03 Å². The molecule has 8 nitrogen and oxygen atoms in total. The third-order valence-electron chi connectivity index (χ3n) is 3.44. The van der Waals surface area contributed by atoms with Gasteiger partial charge in [0.15, 0.2) is 5.82 Å². The average Bonchev–Trinajstić information content (AvgIpc) is 2.98. The first-order valence-corrected chi connectivity index (χ1v) is 7.81. The second-order valence-corrected chi connectivity index (χ2v) is 6.02. The number of carbonyl (C=O) groups is 2. The molecule has 0 unspecified atom stereocenters. The molecule has 1 rings (SSSR count). The summed E-state index contributed by atoms with van der Waals surface area (Å²) >= 11 is 0. The number of aromatic nitrogens is 2. The minimum Gasteiger partial charge on any atom is -0.347 e. The van der Waals surface area contributed by atoms with Gasteiger partial charge in [-0.2, -0.15) is 4.98 Å². The van der Waals surface area contributed by atoms with E-state index in [1.165, 1.54) is 9.80 Å². The predicted molar refractivity (Wildman–Crippen MR) is 86.0 cm³/mol. The van der Waals surface area contributed by atoms with E-state index in [4.69, 9.17) is 4.52 Å². The lowest BCUT2D eigenvalue weighted by Gasteiger charge is -2.24. The highest BCUT2D eigenvalue weighted by Gasteiger charge is 2.22. The smallest absolute Gasteiger partial charge is 0.317 e. The molecule has 3 amide bonds. The van der Waals surface area contributed by atoms with Crippen molar-refractivity contribution >= 4 is 11.9 Å². The third kappa shape index (κ3) is 5.54. The fourth-order valence-electron chi connectivity index (χ4n) is 1.88. The SMILES string of the molecule is CC[C@H](NC(=O)N(C)CCc1noc(C(C)C)n1)C(=O)N(C)C. The van der Waals surface area contributed by atoms with E-state index in [1.54, 1.807) is 21.1 Å². The first-order chi connectivity index (χ1) is 10.8. The van der Waals surface area contributed by atoms with E-state index in [1.807, 2.05) is 20.8 Å². The van der Waals surface area contributed by atoms with Crippen LogP contribution in [0.25, 0.3) is 0 Å². The van der Waals surface area contributed by atoms with Gasteiger partial charge in [0.2, 0.25) is 11.8 Å². The van der Waals surface area contributed by atoms with Crippen LogP contribution in [0.5, 0.6) is 0 Å². The molecule has 1 heterocycles. The van der Waals surface area contributed by atoms with Crippen LogP contribution in [-0.2, 0) is 11.2 Å². The molecule has 0 aliphatic carbocycles. The van der Waals surface area contributed by atoms with E-state index in [0.29, 0.717) is 31.1 Å². The number of hydrogen-bond acceptors (Lipinski definition) is 5. The molecule has 8 heteroatoms. The van der Waals surface area contributed by atoms with Gasteiger partial charge < -0.3 is 19.6 Å². The van der Waals surface area contributed by atoms with Crippen LogP contribution in [0.3, 0.4) is 0 Å². The van der Waals surface area contributed by atoms with Crippen molar-refractivity contribution in [2.45, 2.75) is 45.6 Å². The van der Waals surface area contributed by atoms with Gasteiger partial charge in [-0.05, 0) is 6.42 Å². The van der Waals surface area contributed by atoms with Gasteiger partial charge in [0.1, 0.15) is 6.04 Å². The standard InChI is InChI=1S/C15H27N5O3/c1-7-11(14(21)19(4)5)16-15(22)20(6)9-8-12-17-13(10(2)3)23-18-12/h10-11H,7-9H2,1-6H3,(H,16,22)/t11-/m0/s1. The summed E-state index contributed by atoms with van der Waals surface area (Å²) in [6.07, 6.45) is 1.04. The molecule has 0 spiro atoms. The number of nitrogens with zero attached hydrogens (tertiary/aromatic N) is 4. The Bertz CT molecular complexity index is 527. The van der Waals surface area contributed by atoms with Crippen LogP contribution < -0.4 is 5.32 Å². The number of rotatable bonds is 7. The van der Waals surface area contributed by atoms with Crippen LogP contribution in [0.2, 0.25) is 0 Å². The fraction of sp³-hybridized carbons (Fsp3) is 0.733. The van der Waals surface area contributed by atoms with Crippen molar-refractivity contribution < 1.29 is 14.1 Å². The highest BCUT2D eigenvalue weighted by Crippen LogP contribution is 2.11. The molecule has 1 aromatic heterocycles. The van der Waals surface area contributed by atoms with Gasteiger partial charge in [-0.1, -0.05) is 25.9 Å². The number of likely N-dealkylation sites (N-methyl/N-ethyl adjacent to an activating group) is 2. The minimum absolute atomic E-state index is 0.117. The second-order valence-electron chi connectivity index (χ2n) is 6.02. The molecule has 1 atom stereocenters. The molecule has 130 valence electrons. The lowest BCUT2D eigenvalue weighted by molar-refractivity contribution is -0.130. The van der Waals surface area contributed by atoms with Gasteiger partial charge in [0, 0.05) is 40.0 Å². The lowest BCUT2D eigenvalue weighted by atomic mass is 10.2. The Labute approximate surface area is 137 Å². The summed E-state index contributed by atoms with van der Waals surface area (Å²) < 4.78 is 5.13. The molecular formula is C15H27N5O3. The topological polar surface area (TPSA) is 91.6 Å². The summed E-state index contributed by atoms with van der Waals surface area (Å²) in [4.78, 5) is 31.3. The Balaban J connectivity index is 2.51. The maximum atomic E-state index is 12.2. The lowest BCUT2D eigenvalue weighted by Crippen LogP contribution is -2.50. The van der Waals surface area contributed by atoms with Gasteiger partial charge in [-0.15, -0.1) is 0 Å². The molecule has 0 radical (unpaired) electrons. The number of hydrogen-bond donors (Lipinski definition) is 1. The van der Waals surface area contributed by atoms with Crippen molar-refractivity contribution in [1.29, 1.82) is 0 Å². The zero-order valence-electron chi connectivity index (χ0n) is 14.8. The molecule has 23 heavy (non-hydrogen) atoms. The van der Waals surface area contributed by atoms with Crippen molar-refractivity contribution in [2.24, 2.45) is 0 Å².